The van der Waals surface area contributed by atoms with Gasteiger partial charge in [-0.15, -0.1) is 0 Å². The van der Waals surface area contributed by atoms with Crippen LogP contribution in [0.4, 0.5) is 21.9 Å². The predicted molar refractivity (Wildman–Crippen MR) is 202 cm³/mol. The summed E-state index contributed by atoms with van der Waals surface area (Å²) in [6.45, 7) is 9.71. The minimum atomic E-state index is -1.18. The van der Waals surface area contributed by atoms with Crippen LogP contribution in [0.1, 0.15) is 26.3 Å². The van der Waals surface area contributed by atoms with Crippen molar-refractivity contribution in [1.82, 2.24) is 19.7 Å². The minimum Gasteiger partial charge on any atom is -0.491 e. The molecule has 4 aromatic rings. The van der Waals surface area contributed by atoms with Crippen molar-refractivity contribution in [2.75, 3.05) is 67.2 Å². The van der Waals surface area contributed by atoms with Crippen molar-refractivity contribution < 1.29 is 28.9 Å². The lowest BCUT2D eigenvalue weighted by molar-refractivity contribution is -0.190. The van der Waals surface area contributed by atoms with E-state index in [1.54, 1.807) is 48.0 Å². The summed E-state index contributed by atoms with van der Waals surface area (Å²) >= 11 is 12.7. The van der Waals surface area contributed by atoms with E-state index in [9.17, 15) is 14.7 Å². The van der Waals surface area contributed by atoms with E-state index in [1.807, 2.05) is 43.3 Å². The zero-order valence-electron chi connectivity index (χ0n) is 29.9. The first-order chi connectivity index (χ1) is 25.5. The van der Waals surface area contributed by atoms with Crippen molar-refractivity contribution >= 4 is 52.2 Å². The van der Waals surface area contributed by atoms with Crippen molar-refractivity contribution in [1.29, 1.82) is 0 Å². The molecule has 7 rings (SSSR count). The van der Waals surface area contributed by atoms with Crippen molar-refractivity contribution in [3.8, 4) is 5.75 Å². The Balaban J connectivity index is 0.920. The molecular weight excluding hydrogens is 721 g/mol. The van der Waals surface area contributed by atoms with Crippen LogP contribution in [0.15, 0.2) is 79.4 Å². The summed E-state index contributed by atoms with van der Waals surface area (Å²) in [5, 5.41) is 14.7. The number of ether oxygens (including phenoxy) is 3. The molecule has 0 radical (unpaired) electrons. The van der Waals surface area contributed by atoms with E-state index in [4.69, 9.17) is 37.4 Å². The molecule has 3 saturated heterocycles. The Morgan fingerprint density at radius 3 is 2.19 bits per heavy atom. The highest BCUT2D eigenvalue weighted by Crippen LogP contribution is 2.41. The van der Waals surface area contributed by atoms with Crippen LogP contribution in [-0.4, -0.2) is 101 Å². The average molecular weight is 765 g/mol. The van der Waals surface area contributed by atoms with Crippen LogP contribution < -0.4 is 19.4 Å². The second-order valence-electron chi connectivity index (χ2n) is 14.2. The van der Waals surface area contributed by atoms with Crippen LogP contribution in [0.2, 0.25) is 10.0 Å². The van der Waals surface area contributed by atoms with Gasteiger partial charge in [0.15, 0.2) is 0 Å². The molecule has 3 atom stereocenters. The molecule has 3 aliphatic rings. The number of halogens is 2. The van der Waals surface area contributed by atoms with Gasteiger partial charge in [-0.1, -0.05) is 36.2 Å². The number of piperazine rings is 1. The lowest BCUT2D eigenvalue weighted by Crippen LogP contribution is -2.46. The Morgan fingerprint density at radius 1 is 0.943 bits per heavy atom. The molecule has 4 heterocycles. The van der Waals surface area contributed by atoms with Crippen LogP contribution in [0.25, 0.3) is 0 Å². The molecule has 0 aliphatic carbocycles. The smallest absolute Gasteiger partial charge is 0.332 e. The summed E-state index contributed by atoms with van der Waals surface area (Å²) < 4.78 is 20.5. The van der Waals surface area contributed by atoms with Crippen molar-refractivity contribution in [2.45, 2.75) is 44.7 Å². The maximum atomic E-state index is 13.3. The van der Waals surface area contributed by atoms with E-state index in [-0.39, 0.29) is 43.7 Å². The summed E-state index contributed by atoms with van der Waals surface area (Å²) in [5.74, 6) is -0.860. The van der Waals surface area contributed by atoms with Crippen LogP contribution in [0, 0.1) is 5.92 Å². The van der Waals surface area contributed by atoms with E-state index in [1.165, 1.54) is 11.2 Å². The Labute approximate surface area is 318 Å². The number of carbonyl (C=O) groups excluding carboxylic acids is 2. The number of aromatic nitrogens is 3. The van der Waals surface area contributed by atoms with Gasteiger partial charge in [0.1, 0.15) is 43.2 Å². The van der Waals surface area contributed by atoms with Crippen LogP contribution in [-0.2, 0) is 26.6 Å². The summed E-state index contributed by atoms with van der Waals surface area (Å²) in [6.07, 6.45) is 2.70. The number of benzene rings is 3. The lowest BCUT2D eigenvalue weighted by atomic mass is 10.0. The fraction of sp³-hybridized carbons (Fsp3) is 0.421. The predicted octanol–water partition coefficient (Wildman–Crippen LogP) is 5.43. The third-order valence-electron chi connectivity index (χ3n) is 10.1. The summed E-state index contributed by atoms with van der Waals surface area (Å²) in [4.78, 5) is 38.1. The number of hydrogen-bond donors (Lipinski definition) is 1. The number of amides is 3. The van der Waals surface area contributed by atoms with Crippen molar-refractivity contribution in [3.05, 3.63) is 95.0 Å². The molecule has 3 unspecified atom stereocenters. The highest BCUT2D eigenvalue weighted by atomic mass is 35.5. The molecule has 3 fully saturated rings. The van der Waals surface area contributed by atoms with Gasteiger partial charge in [0, 0.05) is 61.3 Å². The third kappa shape index (κ3) is 7.54. The van der Waals surface area contributed by atoms with Gasteiger partial charge in [-0.25, -0.2) is 19.4 Å². The fourth-order valence-electron chi connectivity index (χ4n) is 7.00. The average Bonchev–Trinajstić information content (AvgIpc) is 3.87. The molecule has 3 aromatic carbocycles. The molecule has 3 amide bonds. The molecule has 0 saturated carbocycles. The number of nitrogens with zero attached hydrogens (tertiary/aromatic N) is 7. The Hall–Kier alpha value is -4.40. The molecule has 280 valence electrons. The van der Waals surface area contributed by atoms with Gasteiger partial charge >= 0.3 is 6.03 Å². The maximum Gasteiger partial charge on any atom is 0.332 e. The molecule has 3 aliphatic heterocycles. The molecule has 53 heavy (non-hydrogen) atoms. The summed E-state index contributed by atoms with van der Waals surface area (Å²) in [5.41, 5.74) is 2.34. The molecule has 0 bridgehead atoms. The second kappa shape index (κ2) is 15.2. The topological polar surface area (TPSA) is 126 Å². The Bertz CT molecular complexity index is 1900. The maximum absolute atomic E-state index is 13.3. The molecule has 0 spiro atoms. The number of urea groups is 1. The normalized spacial score (nSPS) is 22.2. The number of rotatable bonds is 12. The fourth-order valence-corrected chi connectivity index (χ4v) is 7.55. The van der Waals surface area contributed by atoms with Gasteiger partial charge in [-0.3, -0.25) is 4.79 Å². The quantitative estimate of drug-likeness (QED) is 0.187. The molecule has 1 N–H and O–H groups in total. The van der Waals surface area contributed by atoms with Crippen LogP contribution in [0.5, 0.6) is 5.75 Å². The molecule has 13 nitrogen and oxygen atoms in total. The zero-order valence-corrected chi connectivity index (χ0v) is 31.4. The number of aliphatic hydroxyl groups is 1. The first kappa shape index (κ1) is 36.9. The third-order valence-corrected chi connectivity index (χ3v) is 10.6. The van der Waals surface area contributed by atoms with Crippen molar-refractivity contribution in [3.63, 3.8) is 0 Å². The van der Waals surface area contributed by atoms with E-state index in [0.29, 0.717) is 34.4 Å². The first-order valence-corrected chi connectivity index (χ1v) is 18.4. The van der Waals surface area contributed by atoms with Gasteiger partial charge in [-0.2, -0.15) is 5.10 Å². The Morgan fingerprint density at radius 2 is 1.58 bits per heavy atom. The standard InChI is InChI=1S/C38H43Cl2N7O6/c1-26(20-48)19-46-36(50)47(35(49)37(46,2)3)30-7-5-28(6-8-30)43-14-16-44(17-15-43)29-9-11-31(12-10-29)51-21-32-22-52-38(53-32,23-45-25-41-24-42-45)33-13-4-27(39)18-34(33)40/h4-13,18,24-26,32,48H,14-17,19-23H2,1-3H3. The van der Waals surface area contributed by atoms with Crippen LogP contribution >= 0.6 is 23.2 Å². The largest absolute Gasteiger partial charge is 0.491 e. The van der Waals surface area contributed by atoms with Gasteiger partial charge in [-0.05, 0) is 80.4 Å². The zero-order chi connectivity index (χ0) is 37.3. The van der Waals surface area contributed by atoms with E-state index >= 15 is 0 Å². The highest BCUT2D eigenvalue weighted by Gasteiger charge is 2.52. The Kier molecular flexibility index (Phi) is 10.6. The summed E-state index contributed by atoms with van der Waals surface area (Å²) in [7, 11) is 0. The number of hydrogen-bond acceptors (Lipinski definition) is 10. The van der Waals surface area contributed by atoms with E-state index in [0.717, 1.165) is 43.3 Å². The molecule has 15 heteroatoms. The van der Waals surface area contributed by atoms with Crippen molar-refractivity contribution in [2.24, 2.45) is 5.92 Å². The van der Waals surface area contributed by atoms with Gasteiger partial charge in [0.25, 0.3) is 5.91 Å². The highest BCUT2D eigenvalue weighted by molar-refractivity contribution is 6.35. The minimum absolute atomic E-state index is 0.0558. The van der Waals surface area contributed by atoms with Gasteiger partial charge in [0.05, 0.1) is 17.3 Å². The monoisotopic (exact) mass is 763 g/mol. The number of aliphatic hydroxyl groups excluding tert-OH is 1. The SMILES string of the molecule is CC(CO)CN1C(=O)N(c2ccc(N3CCN(c4ccc(OCC5COC(Cn6cncn6)(c6ccc(Cl)cc6Cl)O5)cc4)CC3)cc2)C(=O)C1(C)C. The van der Waals surface area contributed by atoms with Gasteiger partial charge in [0.2, 0.25) is 5.79 Å². The second-order valence-corrected chi connectivity index (χ2v) is 15.0. The van der Waals surface area contributed by atoms with Crippen LogP contribution in [0.3, 0.4) is 0 Å². The van der Waals surface area contributed by atoms with E-state index < -0.39 is 11.3 Å². The summed E-state index contributed by atoms with van der Waals surface area (Å²) in [6, 6.07) is 20.5. The number of anilines is 3. The first-order valence-electron chi connectivity index (χ1n) is 17.7. The number of carbonyl (C=O) groups is 2. The number of imide groups is 1. The lowest BCUT2D eigenvalue weighted by Gasteiger charge is -2.37. The molecule has 1 aromatic heterocycles. The van der Waals surface area contributed by atoms with E-state index in [2.05, 4.69) is 32.0 Å². The van der Waals surface area contributed by atoms with Gasteiger partial charge < -0.3 is 34.0 Å². The molecular formula is C38H43Cl2N7O6.